The van der Waals surface area contributed by atoms with Gasteiger partial charge < -0.3 is 4.55 Å². The fourth-order valence-electron chi connectivity index (χ4n) is 0.117. The summed E-state index contributed by atoms with van der Waals surface area (Å²) in [4.78, 5) is 0. The molecule has 2 atom stereocenters. The molecule has 0 aliphatic carbocycles. The lowest BCUT2D eigenvalue weighted by atomic mass is 10.5. The highest BCUT2D eigenvalue weighted by Gasteiger charge is 2.06. The van der Waals surface area contributed by atoms with Gasteiger partial charge in [0.05, 0.1) is 12.8 Å². The van der Waals surface area contributed by atoms with E-state index in [1.165, 1.54) is 0 Å². The van der Waals surface area contributed by atoms with Crippen molar-refractivity contribution in [2.45, 2.75) is 12.2 Å². The molecule has 0 aliphatic rings. The average molecular weight is 120 g/mol. The fraction of sp³-hybridized carbons (Fsp3) is 1.00. The van der Waals surface area contributed by atoms with Gasteiger partial charge in [0.25, 0.3) is 0 Å². The second-order valence-electron chi connectivity index (χ2n) is 1.51. The standard InChI is InChI=1S/C4H10NOS/c1-4(3-5)7(2)6/h4-5H,3H2,1-2H3. The molecule has 0 fully saturated rings. The van der Waals surface area contributed by atoms with Crippen LogP contribution >= 0.6 is 0 Å². The molecule has 0 aromatic carbocycles. The van der Waals surface area contributed by atoms with Crippen molar-refractivity contribution in [3.05, 3.63) is 0 Å². The van der Waals surface area contributed by atoms with Crippen LogP contribution in [0.15, 0.2) is 0 Å². The molecule has 3 heteroatoms. The highest BCUT2D eigenvalue weighted by Crippen LogP contribution is 1.93. The van der Waals surface area contributed by atoms with Gasteiger partial charge in [0.2, 0.25) is 0 Å². The summed E-state index contributed by atoms with van der Waals surface area (Å²) in [6.45, 7) is 2.08. The monoisotopic (exact) mass is 120 g/mol. The number of hydrogen-bond acceptors (Lipinski definition) is 1. The van der Waals surface area contributed by atoms with Crippen molar-refractivity contribution in [2.75, 3.05) is 12.8 Å². The third-order valence-electron chi connectivity index (χ3n) is 0.854. The molecule has 0 amide bonds. The highest BCUT2D eigenvalue weighted by molar-refractivity contribution is 7.91. The first-order valence-electron chi connectivity index (χ1n) is 2.15. The minimum absolute atomic E-state index is 0.0417. The van der Waals surface area contributed by atoms with E-state index in [1.54, 1.807) is 6.26 Å². The highest BCUT2D eigenvalue weighted by atomic mass is 32.2. The molecule has 0 saturated carbocycles. The Morgan fingerprint density at radius 3 is 2.29 bits per heavy atom. The summed E-state index contributed by atoms with van der Waals surface area (Å²) in [5.41, 5.74) is 6.75. The van der Waals surface area contributed by atoms with Gasteiger partial charge in [-0.15, -0.1) is 0 Å². The van der Waals surface area contributed by atoms with Crippen LogP contribution in [0, 0.1) is 0 Å². The molecule has 1 radical (unpaired) electrons. The molecule has 7 heavy (non-hydrogen) atoms. The second kappa shape index (κ2) is 3.29. The van der Waals surface area contributed by atoms with Gasteiger partial charge in [-0.3, -0.25) is 5.73 Å². The Bertz CT molecular complexity index is 49.0. The first kappa shape index (κ1) is 7.27. The minimum atomic E-state index is -0.798. The zero-order valence-electron chi connectivity index (χ0n) is 4.60. The quantitative estimate of drug-likeness (QED) is 0.474. The average Bonchev–Trinajstić information content (AvgIpc) is 1.65. The third-order valence-corrected chi connectivity index (χ3v) is 2.15. The minimum Gasteiger partial charge on any atom is -0.616 e. The van der Waals surface area contributed by atoms with Crippen LogP contribution in [0.3, 0.4) is 0 Å². The number of hydrogen-bond donors (Lipinski definition) is 0. The predicted octanol–water partition coefficient (Wildman–Crippen LogP) is 0.0363. The van der Waals surface area contributed by atoms with Gasteiger partial charge in [-0.2, -0.15) is 0 Å². The Morgan fingerprint density at radius 1 is 1.86 bits per heavy atom. The van der Waals surface area contributed by atoms with E-state index in [4.69, 9.17) is 5.73 Å². The van der Waals surface area contributed by atoms with Crippen molar-refractivity contribution in [2.24, 2.45) is 0 Å². The lowest BCUT2D eigenvalue weighted by molar-refractivity contribution is 0.588. The first-order chi connectivity index (χ1) is 3.18. The number of nitrogens with one attached hydrogen (secondary N) is 1. The summed E-state index contributed by atoms with van der Waals surface area (Å²) in [7, 11) is 0. The predicted molar refractivity (Wildman–Crippen MR) is 31.5 cm³/mol. The maximum absolute atomic E-state index is 10.4. The summed E-state index contributed by atoms with van der Waals surface area (Å²) in [5, 5.41) is 0.0417. The Morgan fingerprint density at radius 2 is 2.29 bits per heavy atom. The Hall–Kier alpha value is 0.270. The summed E-state index contributed by atoms with van der Waals surface area (Å²) in [5.74, 6) is 0. The van der Waals surface area contributed by atoms with E-state index in [-0.39, 0.29) is 11.8 Å². The van der Waals surface area contributed by atoms with Crippen LogP contribution in [0.25, 0.3) is 0 Å². The number of rotatable bonds is 2. The van der Waals surface area contributed by atoms with Crippen molar-refractivity contribution in [1.29, 1.82) is 0 Å². The molecule has 43 valence electrons. The smallest absolute Gasteiger partial charge is 0.126 e. The Balaban J connectivity index is 3.14. The van der Waals surface area contributed by atoms with Crippen molar-refractivity contribution in [3.63, 3.8) is 0 Å². The van der Waals surface area contributed by atoms with Gasteiger partial charge in [0.15, 0.2) is 0 Å². The van der Waals surface area contributed by atoms with E-state index >= 15 is 0 Å². The van der Waals surface area contributed by atoms with Gasteiger partial charge in [0.1, 0.15) is 5.25 Å². The molecular weight excluding hydrogens is 110 g/mol. The molecule has 0 saturated heterocycles. The normalized spacial score (nSPS) is 18.9. The van der Waals surface area contributed by atoms with E-state index in [2.05, 4.69) is 0 Å². The molecule has 0 rings (SSSR count). The molecule has 1 N–H and O–H groups in total. The van der Waals surface area contributed by atoms with Crippen LogP contribution in [0.4, 0.5) is 0 Å². The SMILES string of the molecule is CC(C[NH])[S+](C)[O-]. The fourth-order valence-corrected chi connectivity index (χ4v) is 0.352. The lowest BCUT2D eigenvalue weighted by Gasteiger charge is -2.09. The topological polar surface area (TPSA) is 46.9 Å². The van der Waals surface area contributed by atoms with E-state index in [0.717, 1.165) is 0 Å². The summed E-state index contributed by atoms with van der Waals surface area (Å²) < 4.78 is 10.4. The maximum Gasteiger partial charge on any atom is 0.126 e. The van der Waals surface area contributed by atoms with Gasteiger partial charge in [-0.1, -0.05) is 11.2 Å². The molecule has 0 heterocycles. The summed E-state index contributed by atoms with van der Waals surface area (Å²) in [6, 6.07) is 0. The third kappa shape index (κ3) is 2.91. The van der Waals surface area contributed by atoms with Crippen LogP contribution in [0.1, 0.15) is 6.92 Å². The first-order valence-corrected chi connectivity index (χ1v) is 3.77. The summed E-state index contributed by atoms with van der Waals surface area (Å²) in [6.07, 6.45) is 1.62. The van der Waals surface area contributed by atoms with Crippen LogP contribution < -0.4 is 5.73 Å². The van der Waals surface area contributed by atoms with Gasteiger partial charge in [-0.05, 0) is 6.92 Å². The van der Waals surface area contributed by atoms with E-state index in [0.29, 0.717) is 0 Å². The van der Waals surface area contributed by atoms with Gasteiger partial charge in [0, 0.05) is 0 Å². The van der Waals surface area contributed by atoms with E-state index in [9.17, 15) is 4.55 Å². The second-order valence-corrected chi connectivity index (χ2v) is 3.32. The van der Waals surface area contributed by atoms with Crippen LogP contribution in [0.5, 0.6) is 0 Å². The van der Waals surface area contributed by atoms with Gasteiger partial charge in [-0.25, -0.2) is 0 Å². The maximum atomic E-state index is 10.4. The molecule has 2 nitrogen and oxygen atoms in total. The molecule has 0 aromatic heterocycles. The van der Waals surface area contributed by atoms with Crippen molar-refractivity contribution in [1.82, 2.24) is 5.73 Å². The molecule has 0 spiro atoms. The largest absolute Gasteiger partial charge is 0.616 e. The van der Waals surface area contributed by atoms with Crippen LogP contribution in [-0.2, 0) is 11.2 Å². The van der Waals surface area contributed by atoms with Gasteiger partial charge >= 0.3 is 0 Å². The van der Waals surface area contributed by atoms with Crippen molar-refractivity contribution < 1.29 is 4.55 Å². The lowest BCUT2D eigenvalue weighted by Crippen LogP contribution is -2.20. The molecule has 0 aromatic rings. The van der Waals surface area contributed by atoms with E-state index < -0.39 is 11.2 Å². The zero-order chi connectivity index (χ0) is 5.86. The molecular formula is C4H10NOS. The Labute approximate surface area is 47.3 Å². The molecule has 0 aliphatic heterocycles. The van der Waals surface area contributed by atoms with Crippen LogP contribution in [0.2, 0.25) is 0 Å². The molecule has 2 unspecified atom stereocenters. The van der Waals surface area contributed by atoms with Crippen molar-refractivity contribution >= 4 is 11.2 Å². The molecule has 0 bridgehead atoms. The van der Waals surface area contributed by atoms with Crippen molar-refractivity contribution in [3.8, 4) is 0 Å². The van der Waals surface area contributed by atoms with Crippen LogP contribution in [-0.4, -0.2) is 22.6 Å². The zero-order valence-corrected chi connectivity index (χ0v) is 5.42. The Kier molecular flexibility index (Phi) is 3.42. The summed E-state index contributed by atoms with van der Waals surface area (Å²) >= 11 is -0.798. The van der Waals surface area contributed by atoms with E-state index in [1.807, 2.05) is 6.92 Å².